The molecule has 0 radical (unpaired) electrons. The molecular formula is C21H24F3N3O3S. The van der Waals surface area contributed by atoms with E-state index in [0.29, 0.717) is 24.1 Å². The summed E-state index contributed by atoms with van der Waals surface area (Å²) in [6, 6.07) is 10.5. The fraction of sp³-hybridized carbons (Fsp3) is 0.381. The highest BCUT2D eigenvalue weighted by atomic mass is 32.2. The maximum absolute atomic E-state index is 13.1. The van der Waals surface area contributed by atoms with Gasteiger partial charge in [-0.2, -0.15) is 4.31 Å². The average molecular weight is 456 g/mol. The Labute approximate surface area is 179 Å². The Morgan fingerprint density at radius 3 is 2.61 bits per heavy atom. The van der Waals surface area contributed by atoms with Crippen molar-refractivity contribution in [1.82, 2.24) is 9.62 Å². The average Bonchev–Trinajstić information content (AvgIpc) is 3.23. The van der Waals surface area contributed by atoms with Gasteiger partial charge in [-0.3, -0.25) is 4.79 Å². The van der Waals surface area contributed by atoms with E-state index in [1.54, 1.807) is 31.3 Å². The summed E-state index contributed by atoms with van der Waals surface area (Å²) in [6.45, 7) is -0.0735. The number of halogens is 3. The van der Waals surface area contributed by atoms with E-state index >= 15 is 0 Å². The van der Waals surface area contributed by atoms with E-state index < -0.39 is 40.8 Å². The van der Waals surface area contributed by atoms with Crippen LogP contribution in [0.1, 0.15) is 18.4 Å². The van der Waals surface area contributed by atoms with Gasteiger partial charge in [0.05, 0.1) is 11.4 Å². The van der Waals surface area contributed by atoms with Crippen LogP contribution >= 0.6 is 0 Å². The lowest BCUT2D eigenvalue weighted by atomic mass is 10.1. The minimum atomic E-state index is -3.93. The van der Waals surface area contributed by atoms with Gasteiger partial charge in [0.2, 0.25) is 15.9 Å². The topological polar surface area (TPSA) is 69.7 Å². The van der Waals surface area contributed by atoms with Crippen LogP contribution in [0, 0.1) is 5.82 Å². The number of carbonyl (C=O) groups is 1. The van der Waals surface area contributed by atoms with Crippen molar-refractivity contribution in [3.63, 3.8) is 0 Å². The standard InChI is InChI=1S/C21H24F3N3O3S/c1-26(14-20(23)24)17-5-2-4-15(12-17)13-25-21(28)19-6-3-11-27(19)31(29,30)18-9-7-16(22)8-10-18/h2,4-5,7-10,12,19-20H,3,6,11,13-14H2,1H3,(H,25,28). The highest BCUT2D eigenvalue weighted by Crippen LogP contribution is 2.26. The molecule has 31 heavy (non-hydrogen) atoms. The van der Waals surface area contributed by atoms with Gasteiger partial charge in [0.15, 0.2) is 0 Å². The van der Waals surface area contributed by atoms with E-state index in [2.05, 4.69) is 5.32 Å². The van der Waals surface area contributed by atoms with E-state index in [4.69, 9.17) is 0 Å². The molecule has 1 heterocycles. The molecule has 0 saturated carbocycles. The molecule has 2 aromatic carbocycles. The number of sulfonamides is 1. The van der Waals surface area contributed by atoms with Gasteiger partial charge in [-0.05, 0) is 54.8 Å². The first kappa shape index (κ1) is 23.1. The summed E-state index contributed by atoms with van der Waals surface area (Å²) >= 11 is 0. The Balaban J connectivity index is 1.67. The van der Waals surface area contributed by atoms with Crippen LogP contribution in [-0.4, -0.2) is 51.2 Å². The lowest BCUT2D eigenvalue weighted by molar-refractivity contribution is -0.124. The second-order valence-corrected chi connectivity index (χ2v) is 9.28. The Hall–Kier alpha value is -2.59. The third-order valence-corrected chi connectivity index (χ3v) is 7.08. The van der Waals surface area contributed by atoms with Crippen LogP contribution in [0.5, 0.6) is 0 Å². The van der Waals surface area contributed by atoms with Gasteiger partial charge in [-0.1, -0.05) is 12.1 Å². The highest BCUT2D eigenvalue weighted by molar-refractivity contribution is 7.89. The third-order valence-electron chi connectivity index (χ3n) is 5.16. The molecule has 168 valence electrons. The van der Waals surface area contributed by atoms with E-state index in [-0.39, 0.29) is 18.0 Å². The number of amides is 1. The van der Waals surface area contributed by atoms with Crippen molar-refractivity contribution >= 4 is 21.6 Å². The Morgan fingerprint density at radius 1 is 1.23 bits per heavy atom. The molecule has 1 saturated heterocycles. The van der Waals surface area contributed by atoms with Gasteiger partial charge in [-0.25, -0.2) is 21.6 Å². The van der Waals surface area contributed by atoms with Gasteiger partial charge < -0.3 is 10.2 Å². The zero-order valence-corrected chi connectivity index (χ0v) is 17.8. The molecule has 0 bridgehead atoms. The number of alkyl halides is 2. The van der Waals surface area contributed by atoms with Gasteiger partial charge in [0.1, 0.15) is 11.9 Å². The quantitative estimate of drug-likeness (QED) is 0.665. The largest absolute Gasteiger partial charge is 0.369 e. The normalized spacial score (nSPS) is 17.1. The van der Waals surface area contributed by atoms with Crippen LogP contribution in [0.4, 0.5) is 18.9 Å². The van der Waals surface area contributed by atoms with Gasteiger partial charge in [0, 0.05) is 25.8 Å². The summed E-state index contributed by atoms with van der Waals surface area (Å²) in [7, 11) is -2.38. The monoisotopic (exact) mass is 455 g/mol. The summed E-state index contributed by atoms with van der Waals surface area (Å²) in [4.78, 5) is 14.1. The number of anilines is 1. The summed E-state index contributed by atoms with van der Waals surface area (Å²) in [5.41, 5.74) is 1.30. The van der Waals surface area contributed by atoms with Crippen LogP contribution in [0.15, 0.2) is 53.4 Å². The van der Waals surface area contributed by atoms with Crippen LogP contribution in [-0.2, 0) is 21.4 Å². The number of benzene rings is 2. The number of hydrogen-bond acceptors (Lipinski definition) is 4. The number of nitrogens with zero attached hydrogens (tertiary/aromatic N) is 2. The molecule has 2 aromatic rings. The van der Waals surface area contributed by atoms with Crippen molar-refractivity contribution < 1.29 is 26.4 Å². The summed E-state index contributed by atoms with van der Waals surface area (Å²) in [5, 5.41) is 2.74. The molecule has 6 nitrogen and oxygen atoms in total. The highest BCUT2D eigenvalue weighted by Gasteiger charge is 2.39. The molecule has 1 amide bonds. The molecule has 3 rings (SSSR count). The Kier molecular flexibility index (Phi) is 7.22. The first-order chi connectivity index (χ1) is 14.7. The van der Waals surface area contributed by atoms with Crippen LogP contribution < -0.4 is 10.2 Å². The smallest absolute Gasteiger partial charge is 0.255 e. The lowest BCUT2D eigenvalue weighted by Crippen LogP contribution is -2.45. The minimum Gasteiger partial charge on any atom is -0.369 e. The van der Waals surface area contributed by atoms with E-state index in [9.17, 15) is 26.4 Å². The molecule has 1 atom stereocenters. The molecule has 10 heteroatoms. The van der Waals surface area contributed by atoms with E-state index in [1.807, 2.05) is 0 Å². The zero-order chi connectivity index (χ0) is 22.6. The first-order valence-electron chi connectivity index (χ1n) is 9.82. The maximum atomic E-state index is 13.1. The second kappa shape index (κ2) is 9.69. The van der Waals surface area contributed by atoms with Gasteiger partial charge in [0.25, 0.3) is 6.43 Å². The molecule has 0 aromatic heterocycles. The van der Waals surface area contributed by atoms with Crippen molar-refractivity contribution in [1.29, 1.82) is 0 Å². The van der Waals surface area contributed by atoms with Crippen molar-refractivity contribution in [2.45, 2.75) is 36.7 Å². The third kappa shape index (κ3) is 5.56. The summed E-state index contributed by atoms with van der Waals surface area (Å²) in [5.74, 6) is -0.981. The second-order valence-electron chi connectivity index (χ2n) is 7.39. The SMILES string of the molecule is CN(CC(F)F)c1cccc(CNC(=O)C2CCCN2S(=O)(=O)c2ccc(F)cc2)c1. The predicted octanol–water partition coefficient (Wildman–Crippen LogP) is 3.00. The lowest BCUT2D eigenvalue weighted by Gasteiger charge is -2.23. The zero-order valence-electron chi connectivity index (χ0n) is 17.0. The minimum absolute atomic E-state index is 0.0663. The molecule has 0 aliphatic carbocycles. The van der Waals surface area contributed by atoms with Crippen molar-refractivity contribution in [3.8, 4) is 0 Å². The number of nitrogens with one attached hydrogen (secondary N) is 1. The predicted molar refractivity (Wildman–Crippen MR) is 111 cm³/mol. The molecular weight excluding hydrogens is 431 g/mol. The molecule has 0 spiro atoms. The summed E-state index contributed by atoms with van der Waals surface area (Å²) in [6.07, 6.45) is -1.56. The number of hydrogen-bond donors (Lipinski definition) is 1. The molecule has 1 unspecified atom stereocenters. The van der Waals surface area contributed by atoms with E-state index in [0.717, 1.165) is 16.4 Å². The fourth-order valence-electron chi connectivity index (χ4n) is 3.56. The fourth-order valence-corrected chi connectivity index (χ4v) is 5.21. The van der Waals surface area contributed by atoms with Crippen LogP contribution in [0.3, 0.4) is 0 Å². The maximum Gasteiger partial charge on any atom is 0.255 e. The van der Waals surface area contributed by atoms with Gasteiger partial charge >= 0.3 is 0 Å². The van der Waals surface area contributed by atoms with Gasteiger partial charge in [-0.15, -0.1) is 0 Å². The Morgan fingerprint density at radius 2 is 1.94 bits per heavy atom. The number of rotatable bonds is 8. The molecule has 1 aliphatic rings. The van der Waals surface area contributed by atoms with E-state index in [1.165, 1.54) is 17.0 Å². The Bertz CT molecular complexity index is 1020. The van der Waals surface area contributed by atoms with Crippen molar-refractivity contribution in [2.75, 3.05) is 25.0 Å². The number of carbonyl (C=O) groups excluding carboxylic acids is 1. The van der Waals surface area contributed by atoms with Crippen molar-refractivity contribution in [2.24, 2.45) is 0 Å². The summed E-state index contributed by atoms with van der Waals surface area (Å²) < 4.78 is 65.3. The van der Waals surface area contributed by atoms with Crippen LogP contribution in [0.25, 0.3) is 0 Å². The molecule has 1 N–H and O–H groups in total. The van der Waals surface area contributed by atoms with Crippen molar-refractivity contribution in [3.05, 3.63) is 59.9 Å². The van der Waals surface area contributed by atoms with Crippen LogP contribution in [0.2, 0.25) is 0 Å². The molecule has 1 aliphatic heterocycles. The molecule has 1 fully saturated rings. The first-order valence-corrected chi connectivity index (χ1v) is 11.3.